The fraction of sp³-hybridized carbons (Fsp3) is 0.250. The quantitative estimate of drug-likeness (QED) is 0.649. The summed E-state index contributed by atoms with van der Waals surface area (Å²) in [5, 5.41) is 2.92. The highest BCUT2D eigenvalue weighted by atomic mass is 32.2. The molecular formula is C16H16N4OS2. The van der Waals surface area contributed by atoms with Crippen LogP contribution in [0.2, 0.25) is 0 Å². The van der Waals surface area contributed by atoms with E-state index in [1.165, 1.54) is 0 Å². The molecule has 0 aliphatic carbocycles. The van der Waals surface area contributed by atoms with Gasteiger partial charge in [-0.3, -0.25) is 4.98 Å². The minimum atomic E-state index is 0.660. The third-order valence-electron chi connectivity index (χ3n) is 2.92. The number of ether oxygens (including phenoxy) is 1. The van der Waals surface area contributed by atoms with E-state index in [0.717, 1.165) is 33.7 Å². The molecule has 0 aliphatic rings. The lowest BCUT2D eigenvalue weighted by Crippen LogP contribution is -1.93. The molecule has 23 heavy (non-hydrogen) atoms. The molecule has 118 valence electrons. The SMILES string of the molecule is CCOc1ccc(CSCc2csc(-c3ncccn3)n2)nc1. The molecule has 0 fully saturated rings. The number of thioether (sulfide) groups is 1. The van der Waals surface area contributed by atoms with E-state index < -0.39 is 0 Å². The van der Waals surface area contributed by atoms with Gasteiger partial charge in [-0.1, -0.05) is 0 Å². The van der Waals surface area contributed by atoms with Gasteiger partial charge in [0.2, 0.25) is 0 Å². The zero-order valence-electron chi connectivity index (χ0n) is 12.7. The van der Waals surface area contributed by atoms with Crippen LogP contribution in [0.25, 0.3) is 10.8 Å². The first kappa shape index (κ1) is 15.9. The Balaban J connectivity index is 1.52. The molecule has 3 rings (SSSR count). The average molecular weight is 344 g/mol. The third-order valence-corrected chi connectivity index (χ3v) is 4.80. The number of hydrogen-bond donors (Lipinski definition) is 0. The lowest BCUT2D eigenvalue weighted by Gasteiger charge is -2.03. The van der Waals surface area contributed by atoms with Gasteiger partial charge in [0.1, 0.15) is 5.75 Å². The summed E-state index contributed by atoms with van der Waals surface area (Å²) in [5.74, 6) is 3.19. The van der Waals surface area contributed by atoms with Crippen LogP contribution in [0.5, 0.6) is 5.75 Å². The van der Waals surface area contributed by atoms with Gasteiger partial charge in [0.25, 0.3) is 0 Å². The van der Waals surface area contributed by atoms with E-state index in [1.807, 2.05) is 19.1 Å². The van der Waals surface area contributed by atoms with Crippen molar-refractivity contribution in [2.75, 3.05) is 6.61 Å². The van der Waals surface area contributed by atoms with Crippen LogP contribution < -0.4 is 4.74 Å². The van der Waals surface area contributed by atoms with Gasteiger partial charge in [0.15, 0.2) is 10.8 Å². The lowest BCUT2D eigenvalue weighted by atomic mass is 10.4. The molecule has 0 spiro atoms. The standard InChI is InChI=1S/C16H16N4OS2/c1-2-21-14-5-4-12(19-8-14)9-22-10-13-11-23-16(20-13)15-17-6-3-7-18-15/h3-8,11H,2,9-10H2,1H3. The molecule has 0 bridgehead atoms. The normalized spacial score (nSPS) is 10.7. The van der Waals surface area contributed by atoms with Crippen LogP contribution in [0.15, 0.2) is 42.2 Å². The molecule has 0 saturated heterocycles. The Labute approximate surface area is 143 Å². The van der Waals surface area contributed by atoms with E-state index in [0.29, 0.717) is 12.4 Å². The van der Waals surface area contributed by atoms with Crippen LogP contribution in [0, 0.1) is 0 Å². The maximum Gasteiger partial charge on any atom is 0.188 e. The molecule has 0 radical (unpaired) electrons. The largest absolute Gasteiger partial charge is 0.492 e. The summed E-state index contributed by atoms with van der Waals surface area (Å²) < 4.78 is 5.39. The molecule has 3 aromatic heterocycles. The first-order chi connectivity index (χ1) is 11.3. The highest BCUT2D eigenvalue weighted by Gasteiger charge is 2.07. The Kier molecular flexibility index (Phi) is 5.55. The third kappa shape index (κ3) is 4.49. The van der Waals surface area contributed by atoms with Gasteiger partial charge in [-0.05, 0) is 25.1 Å². The first-order valence-electron chi connectivity index (χ1n) is 7.22. The molecule has 0 atom stereocenters. The molecule has 0 aromatic carbocycles. The molecule has 0 saturated carbocycles. The number of thiazole rings is 1. The average Bonchev–Trinajstić information content (AvgIpc) is 3.06. The zero-order valence-corrected chi connectivity index (χ0v) is 14.3. The molecule has 3 heterocycles. The maximum absolute atomic E-state index is 5.39. The molecule has 5 nitrogen and oxygen atoms in total. The molecule has 0 amide bonds. The second kappa shape index (κ2) is 8.03. The van der Waals surface area contributed by atoms with Crippen molar-refractivity contribution in [3.05, 3.63) is 53.6 Å². The van der Waals surface area contributed by atoms with Gasteiger partial charge in [0, 0.05) is 29.3 Å². The highest BCUT2D eigenvalue weighted by molar-refractivity contribution is 7.97. The molecule has 0 N–H and O–H groups in total. The van der Waals surface area contributed by atoms with E-state index in [2.05, 4.69) is 25.3 Å². The summed E-state index contributed by atoms with van der Waals surface area (Å²) in [7, 11) is 0. The lowest BCUT2D eigenvalue weighted by molar-refractivity contribution is 0.338. The smallest absolute Gasteiger partial charge is 0.188 e. The maximum atomic E-state index is 5.39. The van der Waals surface area contributed by atoms with Gasteiger partial charge in [-0.15, -0.1) is 23.1 Å². The van der Waals surface area contributed by atoms with Crippen molar-refractivity contribution in [2.24, 2.45) is 0 Å². The number of rotatable bonds is 7. The van der Waals surface area contributed by atoms with Crippen molar-refractivity contribution < 1.29 is 4.74 Å². The van der Waals surface area contributed by atoms with Gasteiger partial charge in [-0.2, -0.15) is 0 Å². The number of hydrogen-bond acceptors (Lipinski definition) is 7. The summed E-state index contributed by atoms with van der Waals surface area (Å²) in [6.45, 7) is 2.62. The van der Waals surface area contributed by atoms with E-state index in [1.54, 1.807) is 47.8 Å². The minimum absolute atomic E-state index is 0.660. The van der Waals surface area contributed by atoms with Gasteiger partial charge in [0.05, 0.1) is 24.2 Å². The Morgan fingerprint density at radius 3 is 2.65 bits per heavy atom. The van der Waals surface area contributed by atoms with Crippen molar-refractivity contribution in [1.82, 2.24) is 19.9 Å². The molecule has 0 aliphatic heterocycles. The number of pyridine rings is 1. The van der Waals surface area contributed by atoms with Crippen molar-refractivity contribution in [2.45, 2.75) is 18.4 Å². The van der Waals surface area contributed by atoms with Gasteiger partial charge < -0.3 is 4.74 Å². The van der Waals surface area contributed by atoms with Crippen molar-refractivity contribution in [3.8, 4) is 16.6 Å². The van der Waals surface area contributed by atoms with Crippen molar-refractivity contribution in [1.29, 1.82) is 0 Å². The molecule has 7 heteroatoms. The van der Waals surface area contributed by atoms with Crippen molar-refractivity contribution >= 4 is 23.1 Å². The second-order valence-electron chi connectivity index (χ2n) is 4.63. The fourth-order valence-corrected chi connectivity index (χ4v) is 3.60. The first-order valence-corrected chi connectivity index (χ1v) is 9.26. The van der Waals surface area contributed by atoms with Crippen LogP contribution in [0.4, 0.5) is 0 Å². The Hall–Kier alpha value is -1.99. The predicted molar refractivity (Wildman–Crippen MR) is 93.5 cm³/mol. The Bertz CT molecular complexity index is 731. The Morgan fingerprint density at radius 2 is 1.91 bits per heavy atom. The summed E-state index contributed by atoms with van der Waals surface area (Å²) in [5.41, 5.74) is 2.09. The van der Waals surface area contributed by atoms with Crippen molar-refractivity contribution in [3.63, 3.8) is 0 Å². The highest BCUT2D eigenvalue weighted by Crippen LogP contribution is 2.23. The van der Waals surface area contributed by atoms with Crippen LogP contribution in [0.3, 0.4) is 0 Å². The summed E-state index contributed by atoms with van der Waals surface area (Å²) in [6.07, 6.45) is 5.23. The topological polar surface area (TPSA) is 60.8 Å². The summed E-state index contributed by atoms with van der Waals surface area (Å²) in [6, 6.07) is 5.76. The van der Waals surface area contributed by atoms with E-state index in [-0.39, 0.29) is 0 Å². The fourth-order valence-electron chi connectivity index (χ4n) is 1.89. The molecule has 3 aromatic rings. The van der Waals surface area contributed by atoms with Crippen LogP contribution >= 0.6 is 23.1 Å². The number of nitrogens with zero attached hydrogens (tertiary/aromatic N) is 4. The summed E-state index contributed by atoms with van der Waals surface area (Å²) in [4.78, 5) is 17.4. The Morgan fingerprint density at radius 1 is 1.09 bits per heavy atom. The molecule has 0 unspecified atom stereocenters. The van der Waals surface area contributed by atoms with E-state index >= 15 is 0 Å². The summed E-state index contributed by atoms with van der Waals surface area (Å²) >= 11 is 3.36. The predicted octanol–water partition coefficient (Wildman–Crippen LogP) is 3.83. The molecular weight excluding hydrogens is 328 g/mol. The minimum Gasteiger partial charge on any atom is -0.492 e. The van der Waals surface area contributed by atoms with Crippen LogP contribution in [-0.2, 0) is 11.5 Å². The van der Waals surface area contributed by atoms with E-state index in [4.69, 9.17) is 4.74 Å². The van der Waals surface area contributed by atoms with E-state index in [9.17, 15) is 0 Å². The number of aromatic nitrogens is 4. The zero-order chi connectivity index (χ0) is 15.9. The van der Waals surface area contributed by atoms with Gasteiger partial charge in [-0.25, -0.2) is 15.0 Å². The van der Waals surface area contributed by atoms with Gasteiger partial charge >= 0.3 is 0 Å². The van der Waals surface area contributed by atoms with Crippen LogP contribution in [0.1, 0.15) is 18.3 Å². The second-order valence-corrected chi connectivity index (χ2v) is 6.47. The monoisotopic (exact) mass is 344 g/mol. The van der Waals surface area contributed by atoms with Crippen LogP contribution in [-0.4, -0.2) is 26.5 Å².